The third kappa shape index (κ3) is 5.42. The van der Waals surface area contributed by atoms with Crippen molar-refractivity contribution in [3.63, 3.8) is 0 Å². The van der Waals surface area contributed by atoms with Crippen LogP contribution in [0.2, 0.25) is 0 Å². The fraction of sp³-hybridized carbons (Fsp3) is 0.188. The average Bonchev–Trinajstić information content (AvgIpc) is 2.59. The summed E-state index contributed by atoms with van der Waals surface area (Å²) in [7, 11) is -3.48. The topological polar surface area (TPSA) is 112 Å². The first kappa shape index (κ1) is 17.5. The average molecular weight is 344 g/mol. The normalized spacial score (nSPS) is 10.7. The molecule has 0 saturated heterocycles. The van der Waals surface area contributed by atoms with E-state index in [1.165, 1.54) is 24.3 Å². The Hall–Kier alpha value is -2.83. The molecule has 0 amide bonds. The number of carbonyl (C=O) groups excluding carboxylic acids is 1. The highest BCUT2D eigenvalue weighted by Crippen LogP contribution is 2.13. The van der Waals surface area contributed by atoms with Gasteiger partial charge in [0.15, 0.2) is 5.78 Å². The predicted molar refractivity (Wildman–Crippen MR) is 92.3 cm³/mol. The molecule has 24 heavy (non-hydrogen) atoms. The first-order valence-corrected chi connectivity index (χ1v) is 8.84. The van der Waals surface area contributed by atoms with Crippen molar-refractivity contribution in [1.29, 1.82) is 0 Å². The molecule has 0 saturated carbocycles. The quantitative estimate of drug-likeness (QED) is 0.343. The second-order valence-electron chi connectivity index (χ2n) is 5.05. The Balaban J connectivity index is 1.96. The maximum Gasteiger partial charge on any atom is 0.233 e. The van der Waals surface area contributed by atoms with E-state index in [1.54, 1.807) is 0 Å². The van der Waals surface area contributed by atoms with Gasteiger partial charge in [0, 0.05) is 16.2 Å². The Labute approximate surface area is 140 Å². The van der Waals surface area contributed by atoms with E-state index in [4.69, 9.17) is 5.53 Å². The summed E-state index contributed by atoms with van der Waals surface area (Å²) in [5, 5.41) is 3.20. The van der Waals surface area contributed by atoms with Gasteiger partial charge >= 0.3 is 0 Å². The molecule has 8 heteroatoms. The lowest BCUT2D eigenvalue weighted by molar-refractivity contribution is 0.100. The van der Waals surface area contributed by atoms with Gasteiger partial charge in [0.25, 0.3) is 0 Å². The number of aryl methyl sites for hydroxylation is 1. The number of anilines is 1. The van der Waals surface area contributed by atoms with Gasteiger partial charge in [0.05, 0.1) is 12.3 Å². The summed E-state index contributed by atoms with van der Waals surface area (Å²) in [5.74, 6) is -0.361. The maximum absolute atomic E-state index is 12.1. The van der Waals surface area contributed by atoms with E-state index in [9.17, 15) is 13.2 Å². The molecule has 2 rings (SSSR count). The zero-order valence-electron chi connectivity index (χ0n) is 12.8. The summed E-state index contributed by atoms with van der Waals surface area (Å²) in [5.41, 5.74) is 9.88. The van der Waals surface area contributed by atoms with Crippen LogP contribution in [0, 0.1) is 0 Å². The minimum absolute atomic E-state index is 0.0332. The van der Waals surface area contributed by atoms with Gasteiger partial charge in [-0.1, -0.05) is 35.4 Å². The van der Waals surface area contributed by atoms with Crippen LogP contribution in [0.3, 0.4) is 0 Å². The number of Topliss-reactive ketones (excluding diaryl/α,β-unsaturated/α-hetero) is 1. The van der Waals surface area contributed by atoms with E-state index in [2.05, 4.69) is 14.7 Å². The van der Waals surface area contributed by atoms with Crippen LogP contribution in [-0.4, -0.2) is 26.5 Å². The van der Waals surface area contributed by atoms with Gasteiger partial charge in [-0.05, 0) is 41.8 Å². The third-order valence-corrected chi connectivity index (χ3v) is 4.55. The van der Waals surface area contributed by atoms with E-state index in [0.29, 0.717) is 17.7 Å². The maximum atomic E-state index is 12.1. The number of hydrogen-bond acceptors (Lipinski definition) is 4. The summed E-state index contributed by atoms with van der Waals surface area (Å²) in [6.07, 6.45) is 0.416. The largest absolute Gasteiger partial charge is 0.294 e. The van der Waals surface area contributed by atoms with Crippen LogP contribution in [0.4, 0.5) is 5.69 Å². The van der Waals surface area contributed by atoms with Gasteiger partial charge in [-0.25, -0.2) is 8.42 Å². The van der Waals surface area contributed by atoms with Gasteiger partial charge < -0.3 is 0 Å². The summed E-state index contributed by atoms with van der Waals surface area (Å²) in [6, 6.07) is 15.3. The highest BCUT2D eigenvalue weighted by atomic mass is 32.2. The van der Waals surface area contributed by atoms with Crippen molar-refractivity contribution in [2.75, 3.05) is 17.0 Å². The Bertz CT molecular complexity index is 843. The van der Waals surface area contributed by atoms with Gasteiger partial charge in [0.2, 0.25) is 10.0 Å². The number of benzene rings is 2. The highest BCUT2D eigenvalue weighted by Gasteiger charge is 2.11. The summed E-state index contributed by atoms with van der Waals surface area (Å²) >= 11 is 0. The number of ketones is 1. The van der Waals surface area contributed by atoms with Crippen molar-refractivity contribution in [1.82, 2.24) is 0 Å². The van der Waals surface area contributed by atoms with Gasteiger partial charge in [-0.2, -0.15) is 0 Å². The number of hydrogen-bond donors (Lipinski definition) is 1. The van der Waals surface area contributed by atoms with Crippen LogP contribution in [0.1, 0.15) is 15.9 Å². The van der Waals surface area contributed by atoms with Crippen LogP contribution >= 0.6 is 0 Å². The molecule has 2 aromatic rings. The summed E-state index contributed by atoms with van der Waals surface area (Å²) in [4.78, 5) is 14.2. The molecular weight excluding hydrogens is 328 g/mol. The molecular formula is C16H16N4O3S. The van der Waals surface area contributed by atoms with Crippen LogP contribution < -0.4 is 4.72 Å². The fourth-order valence-corrected chi connectivity index (χ4v) is 3.14. The van der Waals surface area contributed by atoms with Crippen LogP contribution in [0.15, 0.2) is 59.7 Å². The molecule has 0 aromatic heterocycles. The van der Waals surface area contributed by atoms with E-state index >= 15 is 0 Å². The first-order chi connectivity index (χ1) is 11.5. The number of sulfonamides is 1. The van der Waals surface area contributed by atoms with E-state index in [1.807, 2.05) is 30.3 Å². The van der Waals surface area contributed by atoms with Gasteiger partial charge in [-0.3, -0.25) is 9.52 Å². The standard InChI is InChI=1S/C16H16N4O3S/c17-20-18-12-16(21)14-6-8-15(9-7-14)19-24(22,23)11-10-13-4-2-1-3-5-13/h1-9,19H,10-12H2. The van der Waals surface area contributed by atoms with Crippen molar-refractivity contribution in [3.05, 3.63) is 76.2 Å². The second kappa shape index (κ2) is 8.14. The molecule has 1 N–H and O–H groups in total. The number of nitrogens with one attached hydrogen (secondary N) is 1. The molecule has 0 radical (unpaired) electrons. The van der Waals surface area contributed by atoms with Crippen LogP contribution in [0.25, 0.3) is 10.4 Å². The molecule has 7 nitrogen and oxygen atoms in total. The lowest BCUT2D eigenvalue weighted by Crippen LogP contribution is -2.18. The minimum atomic E-state index is -3.48. The van der Waals surface area contributed by atoms with Gasteiger partial charge in [-0.15, -0.1) is 0 Å². The van der Waals surface area contributed by atoms with Crippen molar-refractivity contribution < 1.29 is 13.2 Å². The number of nitrogens with zero attached hydrogens (tertiary/aromatic N) is 3. The molecule has 0 fully saturated rings. The second-order valence-corrected chi connectivity index (χ2v) is 6.89. The van der Waals surface area contributed by atoms with Crippen molar-refractivity contribution in [3.8, 4) is 0 Å². The summed E-state index contributed by atoms with van der Waals surface area (Å²) < 4.78 is 26.7. The van der Waals surface area contributed by atoms with E-state index in [0.717, 1.165) is 5.56 Å². The number of azide groups is 1. The smallest absolute Gasteiger partial charge is 0.233 e. The Morgan fingerprint density at radius 3 is 2.38 bits per heavy atom. The third-order valence-electron chi connectivity index (χ3n) is 3.26. The van der Waals surface area contributed by atoms with Crippen molar-refractivity contribution in [2.24, 2.45) is 5.11 Å². The lowest BCUT2D eigenvalue weighted by atomic mass is 10.1. The first-order valence-electron chi connectivity index (χ1n) is 7.19. The SMILES string of the molecule is [N-]=[N+]=NCC(=O)c1ccc(NS(=O)(=O)CCc2ccccc2)cc1. The molecule has 124 valence electrons. The zero-order chi connectivity index (χ0) is 17.4. The lowest BCUT2D eigenvalue weighted by Gasteiger charge is -2.08. The molecule has 0 heterocycles. The predicted octanol–water partition coefficient (Wildman–Crippen LogP) is 3.16. The summed E-state index contributed by atoms with van der Waals surface area (Å²) in [6.45, 7) is -0.265. The minimum Gasteiger partial charge on any atom is -0.294 e. The molecule has 0 atom stereocenters. The molecule has 0 spiro atoms. The number of carbonyl (C=O) groups is 1. The van der Waals surface area contributed by atoms with Crippen LogP contribution in [0.5, 0.6) is 0 Å². The highest BCUT2D eigenvalue weighted by molar-refractivity contribution is 7.92. The van der Waals surface area contributed by atoms with E-state index in [-0.39, 0.29) is 18.1 Å². The van der Waals surface area contributed by atoms with Crippen molar-refractivity contribution in [2.45, 2.75) is 6.42 Å². The molecule has 0 unspecified atom stereocenters. The molecule has 0 aliphatic carbocycles. The Kier molecular flexibility index (Phi) is 5.95. The number of rotatable bonds is 8. The molecule has 0 aliphatic heterocycles. The Morgan fingerprint density at radius 2 is 1.75 bits per heavy atom. The van der Waals surface area contributed by atoms with E-state index < -0.39 is 10.0 Å². The Morgan fingerprint density at radius 1 is 1.08 bits per heavy atom. The molecule has 0 bridgehead atoms. The molecule has 0 aliphatic rings. The van der Waals surface area contributed by atoms with Crippen molar-refractivity contribution >= 4 is 21.5 Å². The van der Waals surface area contributed by atoms with Gasteiger partial charge in [0.1, 0.15) is 0 Å². The monoisotopic (exact) mass is 344 g/mol. The fourth-order valence-electron chi connectivity index (χ4n) is 2.04. The molecule has 2 aromatic carbocycles. The van der Waals surface area contributed by atoms with Crippen LogP contribution in [-0.2, 0) is 16.4 Å². The zero-order valence-corrected chi connectivity index (χ0v) is 13.6.